The van der Waals surface area contributed by atoms with E-state index >= 15 is 0 Å². The first kappa shape index (κ1) is 27.3. The van der Waals surface area contributed by atoms with Crippen molar-refractivity contribution >= 4 is 23.3 Å². The Balaban J connectivity index is 0.000000212. The first-order valence-corrected chi connectivity index (χ1v) is 11.3. The van der Waals surface area contributed by atoms with Gasteiger partial charge in [-0.05, 0) is 60.7 Å². The van der Waals surface area contributed by atoms with Crippen molar-refractivity contribution in [3.8, 4) is 28.7 Å². The van der Waals surface area contributed by atoms with Crippen LogP contribution in [0.5, 0.6) is 28.7 Å². The number of nitrogens with one attached hydrogen (secondary N) is 1. The quantitative estimate of drug-likeness (QED) is 0.161. The van der Waals surface area contributed by atoms with Crippen molar-refractivity contribution in [2.24, 2.45) is 0 Å². The molecule has 194 valence electrons. The van der Waals surface area contributed by atoms with Crippen LogP contribution in [0, 0.1) is 0 Å². The van der Waals surface area contributed by atoms with E-state index in [0.717, 1.165) is 0 Å². The SMILES string of the molecule is CC(=O)Nc1ccc(OC(=O)c2ccccc2O)cc1.COc1ccc(C(=O)c2ccccc2O)c(O)c1. The lowest BCUT2D eigenvalue weighted by Crippen LogP contribution is -2.09. The molecule has 9 nitrogen and oxygen atoms in total. The van der Waals surface area contributed by atoms with Crippen molar-refractivity contribution in [2.45, 2.75) is 6.92 Å². The molecule has 0 bridgehead atoms. The summed E-state index contributed by atoms with van der Waals surface area (Å²) in [5, 5.41) is 31.5. The van der Waals surface area contributed by atoms with Crippen molar-refractivity contribution in [3.05, 3.63) is 108 Å². The van der Waals surface area contributed by atoms with Gasteiger partial charge in [-0.2, -0.15) is 0 Å². The number of methoxy groups -OCH3 is 1. The zero-order chi connectivity index (χ0) is 27.7. The normalized spacial score (nSPS) is 9.95. The summed E-state index contributed by atoms with van der Waals surface area (Å²) < 4.78 is 10.1. The molecule has 0 aliphatic rings. The molecule has 38 heavy (non-hydrogen) atoms. The summed E-state index contributed by atoms with van der Waals surface area (Å²) in [6.45, 7) is 1.41. The highest BCUT2D eigenvalue weighted by atomic mass is 16.5. The Labute approximate surface area is 218 Å². The maximum atomic E-state index is 12.1. The highest BCUT2D eigenvalue weighted by molar-refractivity contribution is 6.12. The lowest BCUT2D eigenvalue weighted by molar-refractivity contribution is -0.114. The smallest absolute Gasteiger partial charge is 0.347 e. The molecule has 0 saturated carbocycles. The van der Waals surface area contributed by atoms with Gasteiger partial charge in [0.1, 0.15) is 34.3 Å². The fourth-order valence-electron chi connectivity index (χ4n) is 3.26. The van der Waals surface area contributed by atoms with E-state index in [1.807, 2.05) is 0 Å². The molecule has 0 spiro atoms. The predicted octanol–water partition coefficient (Wildman–Crippen LogP) is 4.91. The van der Waals surface area contributed by atoms with Crippen molar-refractivity contribution < 1.29 is 39.2 Å². The summed E-state index contributed by atoms with van der Waals surface area (Å²) in [5.74, 6) is -0.894. The Morgan fingerprint density at radius 3 is 1.71 bits per heavy atom. The number of phenolic OH excluding ortho intramolecular Hbond substituents is 3. The van der Waals surface area contributed by atoms with E-state index < -0.39 is 11.8 Å². The predicted molar refractivity (Wildman–Crippen MR) is 140 cm³/mol. The van der Waals surface area contributed by atoms with Gasteiger partial charge in [-0.3, -0.25) is 9.59 Å². The molecule has 0 heterocycles. The molecule has 4 aromatic carbocycles. The number of carbonyl (C=O) groups is 3. The summed E-state index contributed by atoms with van der Waals surface area (Å²) in [4.78, 5) is 34.8. The first-order chi connectivity index (χ1) is 18.2. The topological polar surface area (TPSA) is 142 Å². The molecule has 0 atom stereocenters. The zero-order valence-electron chi connectivity index (χ0n) is 20.5. The molecule has 4 rings (SSSR count). The minimum Gasteiger partial charge on any atom is -0.507 e. The molecular weight excluding hydrogens is 490 g/mol. The molecule has 0 saturated heterocycles. The minimum absolute atomic E-state index is 0.0958. The van der Waals surface area contributed by atoms with Crippen LogP contribution in [0.3, 0.4) is 0 Å². The van der Waals surface area contributed by atoms with Crippen LogP contribution in [0.15, 0.2) is 91.0 Å². The second-order valence-corrected chi connectivity index (χ2v) is 7.84. The van der Waals surface area contributed by atoms with Gasteiger partial charge < -0.3 is 30.1 Å². The second-order valence-electron chi connectivity index (χ2n) is 7.84. The Bertz CT molecular complexity index is 1450. The van der Waals surface area contributed by atoms with Crippen LogP contribution >= 0.6 is 0 Å². The van der Waals surface area contributed by atoms with Crippen LogP contribution in [0.25, 0.3) is 0 Å². The van der Waals surface area contributed by atoms with Crippen LogP contribution in [0.1, 0.15) is 33.2 Å². The number of ether oxygens (including phenoxy) is 2. The number of benzene rings is 4. The molecule has 0 fully saturated rings. The minimum atomic E-state index is -0.643. The third kappa shape index (κ3) is 7.11. The summed E-state index contributed by atoms with van der Waals surface area (Å²) in [7, 11) is 1.47. The van der Waals surface area contributed by atoms with E-state index in [-0.39, 0.29) is 39.8 Å². The third-order valence-corrected chi connectivity index (χ3v) is 5.11. The lowest BCUT2D eigenvalue weighted by Gasteiger charge is -2.07. The molecule has 0 aliphatic heterocycles. The van der Waals surface area contributed by atoms with Crippen LogP contribution in [-0.4, -0.2) is 40.1 Å². The van der Waals surface area contributed by atoms with Crippen molar-refractivity contribution in [2.75, 3.05) is 12.4 Å². The summed E-state index contributed by atoms with van der Waals surface area (Å²) in [6, 6.07) is 23.1. The van der Waals surface area contributed by atoms with Gasteiger partial charge in [-0.15, -0.1) is 0 Å². The molecule has 4 aromatic rings. The number of hydrogen-bond donors (Lipinski definition) is 4. The fraction of sp³-hybridized carbons (Fsp3) is 0.0690. The third-order valence-electron chi connectivity index (χ3n) is 5.11. The summed E-state index contributed by atoms with van der Waals surface area (Å²) in [5.41, 5.74) is 0.980. The maximum absolute atomic E-state index is 12.1. The number of phenols is 3. The van der Waals surface area contributed by atoms with E-state index in [9.17, 15) is 29.7 Å². The van der Waals surface area contributed by atoms with E-state index in [1.54, 1.807) is 54.6 Å². The lowest BCUT2D eigenvalue weighted by atomic mass is 10.0. The number of anilines is 1. The highest BCUT2D eigenvalue weighted by Crippen LogP contribution is 2.28. The van der Waals surface area contributed by atoms with Gasteiger partial charge >= 0.3 is 5.97 Å². The van der Waals surface area contributed by atoms with Gasteiger partial charge in [0.2, 0.25) is 5.91 Å². The number of hydrogen-bond acceptors (Lipinski definition) is 8. The number of rotatable bonds is 6. The Kier molecular flexibility index (Phi) is 9.04. The van der Waals surface area contributed by atoms with Gasteiger partial charge in [0, 0.05) is 18.7 Å². The van der Waals surface area contributed by atoms with E-state index in [4.69, 9.17) is 9.47 Å². The summed E-state index contributed by atoms with van der Waals surface area (Å²) >= 11 is 0. The van der Waals surface area contributed by atoms with Crippen molar-refractivity contribution in [1.29, 1.82) is 0 Å². The fourth-order valence-corrected chi connectivity index (χ4v) is 3.26. The van der Waals surface area contributed by atoms with Gasteiger partial charge in [0.05, 0.1) is 18.2 Å². The van der Waals surface area contributed by atoms with Crippen LogP contribution in [-0.2, 0) is 4.79 Å². The average Bonchev–Trinajstić information content (AvgIpc) is 2.90. The van der Waals surface area contributed by atoms with Gasteiger partial charge in [0.15, 0.2) is 5.78 Å². The summed E-state index contributed by atoms with van der Waals surface area (Å²) in [6.07, 6.45) is 0. The Morgan fingerprint density at radius 1 is 0.658 bits per heavy atom. The Hall–Kier alpha value is -5.31. The molecule has 0 unspecified atom stereocenters. The molecule has 0 radical (unpaired) electrons. The number of aromatic hydroxyl groups is 3. The monoisotopic (exact) mass is 515 g/mol. The van der Waals surface area contributed by atoms with Crippen LogP contribution in [0.2, 0.25) is 0 Å². The second kappa shape index (κ2) is 12.6. The molecular formula is C29H25NO8. The molecule has 0 aromatic heterocycles. The van der Waals surface area contributed by atoms with Crippen LogP contribution in [0.4, 0.5) is 5.69 Å². The number of para-hydroxylation sites is 2. The number of amides is 1. The van der Waals surface area contributed by atoms with Gasteiger partial charge in [-0.25, -0.2) is 4.79 Å². The zero-order valence-corrected chi connectivity index (χ0v) is 20.5. The van der Waals surface area contributed by atoms with Crippen molar-refractivity contribution in [3.63, 3.8) is 0 Å². The molecule has 0 aliphatic carbocycles. The maximum Gasteiger partial charge on any atom is 0.347 e. The largest absolute Gasteiger partial charge is 0.507 e. The van der Waals surface area contributed by atoms with Gasteiger partial charge in [0.25, 0.3) is 0 Å². The van der Waals surface area contributed by atoms with E-state index in [0.29, 0.717) is 17.2 Å². The Morgan fingerprint density at radius 2 is 1.18 bits per heavy atom. The molecule has 9 heteroatoms. The number of esters is 1. The number of ketones is 1. The van der Waals surface area contributed by atoms with Crippen molar-refractivity contribution in [1.82, 2.24) is 0 Å². The van der Waals surface area contributed by atoms with E-state index in [1.165, 1.54) is 50.4 Å². The highest BCUT2D eigenvalue weighted by Gasteiger charge is 2.17. The first-order valence-electron chi connectivity index (χ1n) is 11.3. The molecule has 4 N–H and O–H groups in total. The van der Waals surface area contributed by atoms with E-state index in [2.05, 4.69) is 5.32 Å². The van der Waals surface area contributed by atoms with Crippen LogP contribution < -0.4 is 14.8 Å². The molecule has 1 amide bonds. The van der Waals surface area contributed by atoms with Gasteiger partial charge in [-0.1, -0.05) is 24.3 Å². The average molecular weight is 516 g/mol. The standard InChI is InChI=1S/C15H13NO4.C14H12O4/c1-10(17)16-11-6-8-12(9-7-11)20-15(19)13-4-2-3-5-14(13)18;1-18-9-6-7-11(13(16)8-9)14(17)10-4-2-3-5-12(10)15/h2-9,18H,1H3,(H,16,17);2-8,15-16H,1H3. The number of carbonyl (C=O) groups excluding carboxylic acids is 3.